The van der Waals surface area contributed by atoms with Crippen LogP contribution in [0.3, 0.4) is 0 Å². The highest BCUT2D eigenvalue weighted by Crippen LogP contribution is 2.37. The topological polar surface area (TPSA) is 50.8 Å². The lowest BCUT2D eigenvalue weighted by Crippen LogP contribution is -2.33. The largest absolute Gasteiger partial charge is 0.490 e. The molecule has 4 rings (SSSR count). The van der Waals surface area contributed by atoms with E-state index < -0.39 is 0 Å². The van der Waals surface area contributed by atoms with Gasteiger partial charge in [-0.05, 0) is 67.8 Å². The number of amides is 1. The second-order valence-corrected chi connectivity index (χ2v) is 7.83. The van der Waals surface area contributed by atoms with Gasteiger partial charge in [0.25, 0.3) is 0 Å². The van der Waals surface area contributed by atoms with Crippen LogP contribution in [0.2, 0.25) is 5.02 Å². The van der Waals surface area contributed by atoms with Gasteiger partial charge in [0.2, 0.25) is 5.91 Å². The summed E-state index contributed by atoms with van der Waals surface area (Å²) in [5.41, 5.74) is 2.94. The molecule has 0 saturated carbocycles. The van der Waals surface area contributed by atoms with Crippen molar-refractivity contribution in [2.45, 2.75) is 32.2 Å². The number of anilines is 1. The number of hydrogen-bond donors (Lipinski definition) is 1. The van der Waals surface area contributed by atoms with Crippen molar-refractivity contribution < 1.29 is 14.3 Å². The van der Waals surface area contributed by atoms with E-state index in [9.17, 15) is 4.79 Å². The van der Waals surface area contributed by atoms with E-state index in [2.05, 4.69) is 22.3 Å². The first-order chi connectivity index (χ1) is 13.6. The van der Waals surface area contributed by atoms with Crippen molar-refractivity contribution in [2.75, 3.05) is 31.6 Å². The number of likely N-dealkylation sites (tertiary alicyclic amines) is 1. The summed E-state index contributed by atoms with van der Waals surface area (Å²) in [6.45, 7) is 4.57. The highest BCUT2D eigenvalue weighted by molar-refractivity contribution is 6.30. The lowest BCUT2D eigenvalue weighted by Gasteiger charge is -2.25. The van der Waals surface area contributed by atoms with Crippen LogP contribution >= 0.6 is 11.6 Å². The molecule has 148 valence electrons. The fourth-order valence-corrected chi connectivity index (χ4v) is 4.15. The van der Waals surface area contributed by atoms with Crippen LogP contribution in [0.5, 0.6) is 11.5 Å². The normalized spacial score (nSPS) is 19.3. The van der Waals surface area contributed by atoms with Crippen LogP contribution in [-0.2, 0) is 4.79 Å². The highest BCUT2D eigenvalue weighted by Gasteiger charge is 2.28. The number of nitrogens with zero attached hydrogens (tertiary/aromatic N) is 1. The van der Waals surface area contributed by atoms with Gasteiger partial charge >= 0.3 is 0 Å². The van der Waals surface area contributed by atoms with Gasteiger partial charge in [-0.15, -0.1) is 0 Å². The Morgan fingerprint density at radius 1 is 1.14 bits per heavy atom. The minimum absolute atomic E-state index is 0.00772. The SMILES string of the molecule is Cc1cc(Cl)ccc1NC(=O)CN1CCCC1c1ccc2c(c1)OCCCO2. The van der Waals surface area contributed by atoms with Crippen LogP contribution in [-0.4, -0.2) is 37.1 Å². The minimum Gasteiger partial charge on any atom is -0.490 e. The summed E-state index contributed by atoms with van der Waals surface area (Å²) in [4.78, 5) is 14.9. The predicted molar refractivity (Wildman–Crippen MR) is 110 cm³/mol. The van der Waals surface area contributed by atoms with Crippen LogP contribution in [0.1, 0.15) is 36.4 Å². The summed E-state index contributed by atoms with van der Waals surface area (Å²) in [6.07, 6.45) is 3.00. The molecule has 0 aliphatic carbocycles. The Kier molecular flexibility index (Phi) is 5.74. The number of hydrogen-bond acceptors (Lipinski definition) is 4. The molecule has 0 radical (unpaired) electrons. The van der Waals surface area contributed by atoms with Crippen molar-refractivity contribution in [3.63, 3.8) is 0 Å². The number of rotatable bonds is 4. The molecule has 0 aromatic heterocycles. The Bertz CT molecular complexity index is 871. The molecule has 1 N–H and O–H groups in total. The van der Waals surface area contributed by atoms with E-state index in [0.29, 0.717) is 24.8 Å². The third-order valence-corrected chi connectivity index (χ3v) is 5.56. The van der Waals surface area contributed by atoms with Crippen LogP contribution in [0.15, 0.2) is 36.4 Å². The Balaban J connectivity index is 1.45. The maximum absolute atomic E-state index is 12.6. The van der Waals surface area contributed by atoms with Crippen LogP contribution < -0.4 is 14.8 Å². The zero-order valence-electron chi connectivity index (χ0n) is 16.0. The van der Waals surface area contributed by atoms with Crippen molar-refractivity contribution in [2.24, 2.45) is 0 Å². The molecule has 2 heterocycles. The molecule has 5 nitrogen and oxygen atoms in total. The summed E-state index contributed by atoms with van der Waals surface area (Å²) in [7, 11) is 0. The van der Waals surface area contributed by atoms with E-state index in [1.54, 1.807) is 6.07 Å². The number of ether oxygens (including phenoxy) is 2. The van der Waals surface area contributed by atoms with E-state index in [-0.39, 0.29) is 11.9 Å². The van der Waals surface area contributed by atoms with Crippen molar-refractivity contribution in [1.29, 1.82) is 0 Å². The Labute approximate surface area is 170 Å². The van der Waals surface area contributed by atoms with Crippen molar-refractivity contribution in [1.82, 2.24) is 4.90 Å². The smallest absolute Gasteiger partial charge is 0.238 e. The van der Waals surface area contributed by atoms with E-state index in [1.807, 2.05) is 25.1 Å². The minimum atomic E-state index is -0.00772. The number of aryl methyl sites for hydroxylation is 1. The van der Waals surface area contributed by atoms with Crippen molar-refractivity contribution in [3.8, 4) is 11.5 Å². The molecule has 2 aromatic rings. The second kappa shape index (κ2) is 8.41. The molecular weight excluding hydrogens is 376 g/mol. The summed E-state index contributed by atoms with van der Waals surface area (Å²) in [5.74, 6) is 1.61. The Hall–Kier alpha value is -2.24. The van der Waals surface area contributed by atoms with Gasteiger partial charge in [0.1, 0.15) is 0 Å². The van der Waals surface area contributed by atoms with E-state index >= 15 is 0 Å². The quantitative estimate of drug-likeness (QED) is 0.815. The zero-order chi connectivity index (χ0) is 19.5. The van der Waals surface area contributed by atoms with Gasteiger partial charge in [0.05, 0.1) is 19.8 Å². The third-order valence-electron chi connectivity index (χ3n) is 5.33. The first-order valence-corrected chi connectivity index (χ1v) is 10.2. The molecule has 0 spiro atoms. The maximum atomic E-state index is 12.6. The highest BCUT2D eigenvalue weighted by atomic mass is 35.5. The average molecular weight is 401 g/mol. The van der Waals surface area contributed by atoms with Crippen LogP contribution in [0.25, 0.3) is 0 Å². The second-order valence-electron chi connectivity index (χ2n) is 7.39. The average Bonchev–Trinajstić information content (AvgIpc) is 2.99. The van der Waals surface area contributed by atoms with E-state index in [0.717, 1.165) is 48.6 Å². The zero-order valence-corrected chi connectivity index (χ0v) is 16.8. The molecule has 1 saturated heterocycles. The molecule has 1 unspecified atom stereocenters. The predicted octanol–water partition coefficient (Wildman–Crippen LogP) is 4.59. The van der Waals surface area contributed by atoms with Crippen molar-refractivity contribution >= 4 is 23.2 Å². The molecule has 2 aromatic carbocycles. The van der Waals surface area contributed by atoms with Gasteiger partial charge in [0.15, 0.2) is 11.5 Å². The fraction of sp³-hybridized carbons (Fsp3) is 0.409. The number of halogens is 1. The molecule has 1 atom stereocenters. The lowest BCUT2D eigenvalue weighted by molar-refractivity contribution is -0.117. The monoisotopic (exact) mass is 400 g/mol. The molecule has 0 bridgehead atoms. The van der Waals surface area contributed by atoms with Gasteiger partial charge in [-0.25, -0.2) is 0 Å². The first kappa shape index (κ1) is 19.1. The van der Waals surface area contributed by atoms with Crippen molar-refractivity contribution in [3.05, 3.63) is 52.5 Å². The molecule has 28 heavy (non-hydrogen) atoms. The maximum Gasteiger partial charge on any atom is 0.238 e. The number of carbonyl (C=O) groups excluding carboxylic acids is 1. The van der Waals surface area contributed by atoms with Gasteiger partial charge < -0.3 is 14.8 Å². The summed E-state index contributed by atoms with van der Waals surface area (Å²) in [6, 6.07) is 11.9. The molecular formula is C22H25ClN2O3. The molecule has 1 amide bonds. The molecule has 6 heteroatoms. The Morgan fingerprint density at radius 3 is 2.79 bits per heavy atom. The van der Waals surface area contributed by atoms with Gasteiger partial charge in [-0.1, -0.05) is 17.7 Å². The van der Waals surface area contributed by atoms with E-state index in [1.165, 1.54) is 5.56 Å². The van der Waals surface area contributed by atoms with Crippen LogP contribution in [0, 0.1) is 6.92 Å². The standard InChI is InChI=1S/C22H25ClN2O3/c1-15-12-17(23)6-7-18(15)24-22(26)14-25-9-2-4-19(25)16-5-8-20-21(13-16)28-11-3-10-27-20/h5-8,12-13,19H,2-4,9-11,14H2,1H3,(H,24,26). The molecule has 2 aliphatic heterocycles. The molecule has 2 aliphatic rings. The van der Waals surface area contributed by atoms with E-state index in [4.69, 9.17) is 21.1 Å². The lowest BCUT2D eigenvalue weighted by atomic mass is 10.0. The number of carbonyl (C=O) groups is 1. The van der Waals surface area contributed by atoms with Gasteiger partial charge in [-0.3, -0.25) is 9.69 Å². The van der Waals surface area contributed by atoms with Crippen LogP contribution in [0.4, 0.5) is 5.69 Å². The summed E-state index contributed by atoms with van der Waals surface area (Å²) >= 11 is 6.00. The number of fused-ring (bicyclic) bond motifs is 1. The first-order valence-electron chi connectivity index (χ1n) is 9.80. The summed E-state index contributed by atoms with van der Waals surface area (Å²) < 4.78 is 11.6. The van der Waals surface area contributed by atoms with Gasteiger partial charge in [-0.2, -0.15) is 0 Å². The number of nitrogens with one attached hydrogen (secondary N) is 1. The molecule has 1 fully saturated rings. The summed E-state index contributed by atoms with van der Waals surface area (Å²) in [5, 5.41) is 3.68. The Morgan fingerprint density at radius 2 is 1.96 bits per heavy atom. The number of benzene rings is 2. The third kappa shape index (κ3) is 4.26. The fourth-order valence-electron chi connectivity index (χ4n) is 3.92. The van der Waals surface area contributed by atoms with Gasteiger partial charge in [0, 0.05) is 23.2 Å².